The molecule has 0 saturated heterocycles. The van der Waals surface area contributed by atoms with Gasteiger partial charge in [0.15, 0.2) is 0 Å². The van der Waals surface area contributed by atoms with Crippen LogP contribution in [0.4, 0.5) is 0 Å². The van der Waals surface area contributed by atoms with Gasteiger partial charge in [0.1, 0.15) is 12.4 Å². The second-order valence-electron chi connectivity index (χ2n) is 3.92. The third-order valence-corrected chi connectivity index (χ3v) is 2.30. The van der Waals surface area contributed by atoms with Gasteiger partial charge in [-0.25, -0.2) is 0 Å². The van der Waals surface area contributed by atoms with Gasteiger partial charge in [-0.05, 0) is 17.5 Å². The molecule has 0 aliphatic rings. The van der Waals surface area contributed by atoms with Crippen LogP contribution in [-0.2, 0) is 0 Å². The van der Waals surface area contributed by atoms with E-state index >= 15 is 0 Å². The van der Waals surface area contributed by atoms with Gasteiger partial charge in [0, 0.05) is 6.54 Å². The first-order valence-electron chi connectivity index (χ1n) is 5.61. The van der Waals surface area contributed by atoms with Gasteiger partial charge in [-0.2, -0.15) is 0 Å². The van der Waals surface area contributed by atoms with E-state index < -0.39 is 0 Å². The first-order valence-corrected chi connectivity index (χ1v) is 5.61. The fraction of sp³-hybridized carbons (Fsp3) is 0.429. The van der Waals surface area contributed by atoms with Gasteiger partial charge in [0.25, 0.3) is 0 Å². The summed E-state index contributed by atoms with van der Waals surface area (Å²) in [7, 11) is 0. The average molecular weight is 217 g/mol. The van der Waals surface area contributed by atoms with Gasteiger partial charge in [-0.3, -0.25) is 0 Å². The van der Waals surface area contributed by atoms with Crippen molar-refractivity contribution in [3.05, 3.63) is 29.8 Å². The molecular weight excluding hydrogens is 198 g/mol. The molecule has 0 radical (unpaired) electrons. The predicted molar refractivity (Wildman–Crippen MR) is 67.7 cm³/mol. The summed E-state index contributed by atoms with van der Waals surface area (Å²) >= 11 is 0. The summed E-state index contributed by atoms with van der Waals surface area (Å²) < 4.78 is 5.71. The molecule has 0 fully saturated rings. The average Bonchev–Trinajstić information content (AvgIpc) is 2.29. The van der Waals surface area contributed by atoms with Crippen LogP contribution in [0.3, 0.4) is 0 Å². The Kier molecular flexibility index (Phi) is 5.45. The quantitative estimate of drug-likeness (QED) is 0.583. The highest BCUT2D eigenvalue weighted by Gasteiger charge is 2.05. The molecule has 0 unspecified atom stereocenters. The molecule has 1 rings (SSSR count). The highest BCUT2D eigenvalue weighted by atomic mass is 16.5. The number of para-hydroxylation sites is 1. The Balaban J connectivity index is 2.44. The van der Waals surface area contributed by atoms with Crippen LogP contribution in [0, 0.1) is 12.3 Å². The van der Waals surface area contributed by atoms with E-state index in [-0.39, 0.29) is 0 Å². The molecule has 2 nitrogen and oxygen atoms in total. The number of benzene rings is 1. The molecule has 0 amide bonds. The Labute approximate surface area is 98.0 Å². The lowest BCUT2D eigenvalue weighted by atomic mass is 10.0. The Morgan fingerprint density at radius 2 is 2.12 bits per heavy atom. The molecule has 2 heteroatoms. The van der Waals surface area contributed by atoms with Gasteiger partial charge >= 0.3 is 0 Å². The van der Waals surface area contributed by atoms with Crippen LogP contribution in [0.5, 0.6) is 5.75 Å². The summed E-state index contributed by atoms with van der Waals surface area (Å²) in [5.74, 6) is 3.98. The molecule has 0 saturated carbocycles. The summed E-state index contributed by atoms with van der Waals surface area (Å²) in [4.78, 5) is 0. The lowest BCUT2D eigenvalue weighted by Gasteiger charge is -2.13. The van der Waals surface area contributed by atoms with Crippen LogP contribution in [0.2, 0.25) is 0 Å². The molecule has 0 aliphatic heterocycles. The first kappa shape index (κ1) is 12.6. The minimum atomic E-state index is 0.481. The van der Waals surface area contributed by atoms with Crippen molar-refractivity contribution in [3.8, 4) is 18.1 Å². The lowest BCUT2D eigenvalue weighted by molar-refractivity contribution is 0.312. The van der Waals surface area contributed by atoms with E-state index in [0.29, 0.717) is 19.1 Å². The van der Waals surface area contributed by atoms with E-state index in [1.165, 1.54) is 5.56 Å². The van der Waals surface area contributed by atoms with Crippen LogP contribution < -0.4 is 10.1 Å². The molecular formula is C14H19NO. The molecule has 0 atom stereocenters. The van der Waals surface area contributed by atoms with Crippen LogP contribution >= 0.6 is 0 Å². The summed E-state index contributed by atoms with van der Waals surface area (Å²) in [5, 5.41) is 3.09. The normalized spacial score (nSPS) is 10.1. The van der Waals surface area contributed by atoms with Crippen LogP contribution in [0.15, 0.2) is 24.3 Å². The number of rotatable bonds is 6. The lowest BCUT2D eigenvalue weighted by Crippen LogP contribution is -2.21. The van der Waals surface area contributed by atoms with Crippen molar-refractivity contribution in [2.24, 2.45) is 0 Å². The summed E-state index contributed by atoms with van der Waals surface area (Å²) in [5.41, 5.74) is 1.25. The number of hydrogen-bond acceptors (Lipinski definition) is 2. The zero-order chi connectivity index (χ0) is 11.8. The van der Waals surface area contributed by atoms with E-state index in [1.54, 1.807) is 0 Å². The highest BCUT2D eigenvalue weighted by Crippen LogP contribution is 2.25. The maximum Gasteiger partial charge on any atom is 0.122 e. The number of hydrogen-bond donors (Lipinski definition) is 1. The van der Waals surface area contributed by atoms with Crippen molar-refractivity contribution in [2.45, 2.75) is 19.8 Å². The molecule has 0 spiro atoms. The highest BCUT2D eigenvalue weighted by molar-refractivity contribution is 5.35. The van der Waals surface area contributed by atoms with E-state index in [4.69, 9.17) is 11.2 Å². The molecule has 1 aromatic carbocycles. The second-order valence-corrected chi connectivity index (χ2v) is 3.92. The Hall–Kier alpha value is -1.46. The fourth-order valence-corrected chi connectivity index (χ4v) is 1.48. The minimum absolute atomic E-state index is 0.481. The van der Waals surface area contributed by atoms with Crippen molar-refractivity contribution in [3.63, 3.8) is 0 Å². The standard InChI is InChI=1S/C14H19NO/c1-4-9-15-10-11-16-14-8-6-5-7-13(14)12(2)3/h1,5-8,12,15H,9-11H2,2-3H3. The summed E-state index contributed by atoms with van der Waals surface area (Å²) in [6.45, 7) is 6.34. The number of ether oxygens (including phenoxy) is 1. The molecule has 1 aromatic rings. The summed E-state index contributed by atoms with van der Waals surface area (Å²) in [6.07, 6.45) is 5.13. The Morgan fingerprint density at radius 1 is 1.38 bits per heavy atom. The molecule has 0 aromatic heterocycles. The van der Waals surface area contributed by atoms with E-state index in [2.05, 4.69) is 31.2 Å². The molecule has 16 heavy (non-hydrogen) atoms. The monoisotopic (exact) mass is 217 g/mol. The maximum absolute atomic E-state index is 5.71. The summed E-state index contributed by atoms with van der Waals surface area (Å²) in [6, 6.07) is 8.15. The van der Waals surface area contributed by atoms with E-state index in [9.17, 15) is 0 Å². The number of terminal acetylenes is 1. The van der Waals surface area contributed by atoms with E-state index in [1.807, 2.05) is 18.2 Å². The van der Waals surface area contributed by atoms with Crippen LogP contribution in [-0.4, -0.2) is 19.7 Å². The van der Waals surface area contributed by atoms with Gasteiger partial charge in [-0.1, -0.05) is 38.0 Å². The Morgan fingerprint density at radius 3 is 2.81 bits per heavy atom. The van der Waals surface area contributed by atoms with Gasteiger partial charge < -0.3 is 10.1 Å². The van der Waals surface area contributed by atoms with Crippen LogP contribution in [0.1, 0.15) is 25.3 Å². The largest absolute Gasteiger partial charge is 0.492 e. The minimum Gasteiger partial charge on any atom is -0.492 e. The first-order chi connectivity index (χ1) is 7.75. The van der Waals surface area contributed by atoms with Crippen molar-refractivity contribution in [1.29, 1.82) is 0 Å². The van der Waals surface area contributed by atoms with Crippen molar-refractivity contribution < 1.29 is 4.74 Å². The van der Waals surface area contributed by atoms with Gasteiger partial charge in [-0.15, -0.1) is 6.42 Å². The van der Waals surface area contributed by atoms with Crippen molar-refractivity contribution >= 4 is 0 Å². The van der Waals surface area contributed by atoms with Crippen LogP contribution in [0.25, 0.3) is 0 Å². The second kappa shape index (κ2) is 6.92. The molecule has 0 heterocycles. The number of nitrogens with one attached hydrogen (secondary N) is 1. The molecule has 86 valence electrons. The third kappa shape index (κ3) is 3.96. The zero-order valence-corrected chi connectivity index (χ0v) is 9.99. The zero-order valence-electron chi connectivity index (χ0n) is 9.99. The fourth-order valence-electron chi connectivity index (χ4n) is 1.48. The SMILES string of the molecule is C#CCNCCOc1ccccc1C(C)C. The van der Waals surface area contributed by atoms with Gasteiger partial charge in [0.05, 0.1) is 6.54 Å². The maximum atomic E-state index is 5.71. The predicted octanol–water partition coefficient (Wildman–Crippen LogP) is 2.41. The van der Waals surface area contributed by atoms with Crippen molar-refractivity contribution in [2.75, 3.05) is 19.7 Å². The Bertz CT molecular complexity index is 352. The third-order valence-electron chi connectivity index (χ3n) is 2.30. The van der Waals surface area contributed by atoms with E-state index in [0.717, 1.165) is 12.3 Å². The molecule has 1 N–H and O–H groups in total. The smallest absolute Gasteiger partial charge is 0.122 e. The van der Waals surface area contributed by atoms with Crippen molar-refractivity contribution in [1.82, 2.24) is 5.32 Å². The van der Waals surface area contributed by atoms with Gasteiger partial charge in [0.2, 0.25) is 0 Å². The molecule has 0 aliphatic carbocycles. The molecule has 0 bridgehead atoms. The topological polar surface area (TPSA) is 21.3 Å².